The maximum absolute atomic E-state index is 14.7. The number of benzene rings is 3. The quantitative estimate of drug-likeness (QED) is 0.191. The van der Waals surface area contributed by atoms with E-state index in [1.54, 1.807) is 51.1 Å². The molecule has 0 fully saturated rings. The Bertz CT molecular complexity index is 1590. The van der Waals surface area contributed by atoms with Gasteiger partial charge in [0.05, 0.1) is 0 Å². The molecule has 3 aromatic rings. The molecule has 3 aromatic carbocycles. The number of fused-ring (bicyclic) bond motifs is 1. The van der Waals surface area contributed by atoms with Gasteiger partial charge in [-0.05, 0) is 87.4 Å². The monoisotopic (exact) mass is 626 g/mol. The minimum absolute atomic E-state index is 0.0867. The Morgan fingerprint density at radius 1 is 0.913 bits per heavy atom. The molecule has 4 amide bonds. The first-order valence-corrected chi connectivity index (χ1v) is 15.6. The normalized spacial score (nSPS) is 13.3. The van der Waals surface area contributed by atoms with Crippen LogP contribution in [-0.4, -0.2) is 46.4 Å². The Balaban J connectivity index is 2.15. The number of amides is 4. The van der Waals surface area contributed by atoms with Crippen molar-refractivity contribution in [2.45, 2.75) is 91.0 Å². The fourth-order valence-electron chi connectivity index (χ4n) is 5.25. The van der Waals surface area contributed by atoms with E-state index in [0.717, 1.165) is 17.2 Å². The lowest BCUT2D eigenvalue weighted by Gasteiger charge is -2.39. The van der Waals surface area contributed by atoms with Crippen molar-refractivity contribution < 1.29 is 23.9 Å². The van der Waals surface area contributed by atoms with Gasteiger partial charge in [0.1, 0.15) is 17.7 Å². The lowest BCUT2D eigenvalue weighted by Crippen LogP contribution is -2.55. The minimum atomic E-state index is -1.21. The highest BCUT2D eigenvalue weighted by Crippen LogP contribution is 2.31. The van der Waals surface area contributed by atoms with Crippen LogP contribution in [0.25, 0.3) is 10.8 Å². The van der Waals surface area contributed by atoms with E-state index in [2.05, 4.69) is 30.4 Å². The first-order valence-electron chi connectivity index (χ1n) is 15.6. The van der Waals surface area contributed by atoms with Crippen LogP contribution in [0.5, 0.6) is 0 Å². The van der Waals surface area contributed by atoms with Crippen LogP contribution in [0.3, 0.4) is 0 Å². The van der Waals surface area contributed by atoms with E-state index >= 15 is 0 Å². The molecule has 9 heteroatoms. The summed E-state index contributed by atoms with van der Waals surface area (Å²) in [4.78, 5) is 55.3. The number of terminal acetylenes is 1. The van der Waals surface area contributed by atoms with Crippen LogP contribution in [0.2, 0.25) is 0 Å². The number of carbonyl (C=O) groups excluding carboxylic acids is 4. The number of nitrogens with one attached hydrogen (secondary N) is 2. The summed E-state index contributed by atoms with van der Waals surface area (Å²) in [6, 6.07) is 17.5. The van der Waals surface area contributed by atoms with E-state index in [1.165, 1.54) is 4.90 Å². The molecule has 0 bridgehead atoms. The highest BCUT2D eigenvalue weighted by atomic mass is 16.6. The second kappa shape index (κ2) is 15.9. The van der Waals surface area contributed by atoms with Gasteiger partial charge in [-0.2, -0.15) is 0 Å². The number of nitrogens with two attached hydrogens (primary N) is 1. The Kier molecular flexibility index (Phi) is 12.3. The molecule has 3 atom stereocenters. The molecule has 3 unspecified atom stereocenters. The van der Waals surface area contributed by atoms with Crippen LogP contribution < -0.4 is 16.4 Å². The molecule has 0 aromatic heterocycles. The summed E-state index contributed by atoms with van der Waals surface area (Å²) in [5, 5.41) is 7.60. The van der Waals surface area contributed by atoms with Gasteiger partial charge >= 0.3 is 6.09 Å². The van der Waals surface area contributed by atoms with Gasteiger partial charge in [-0.15, -0.1) is 6.42 Å². The third kappa shape index (κ3) is 10.1. The third-order valence-corrected chi connectivity index (χ3v) is 7.51. The van der Waals surface area contributed by atoms with Crippen LogP contribution in [0.15, 0.2) is 66.7 Å². The second-order valence-electron chi connectivity index (χ2n) is 13.0. The predicted molar refractivity (Wildman–Crippen MR) is 182 cm³/mol. The number of carbonyl (C=O) groups is 4. The molecule has 0 saturated heterocycles. The molecular weight excluding hydrogens is 580 g/mol. The van der Waals surface area contributed by atoms with E-state index in [4.69, 9.17) is 16.9 Å². The van der Waals surface area contributed by atoms with Crippen LogP contribution in [0, 0.1) is 18.3 Å². The van der Waals surface area contributed by atoms with Gasteiger partial charge in [0.15, 0.2) is 0 Å². The second-order valence-corrected chi connectivity index (χ2v) is 13.0. The standard InChI is InChI=1S/C37H46N4O5/c1-8-26-13-11-12-16-30(26)33(34(43)39-29-20-19-27-14-9-10-15-28(27)23-29)41(25(4)18-17-24(2)3)35(44)31(21-22-32(38)42)40-36(45)46-37(5,6)7/h1,9-16,19-20,23-25,31,33H,17-18,21-22H2,2-7H3,(H2,38,42)(H,39,43)(H,40,45). The molecule has 0 aliphatic carbocycles. The lowest BCUT2D eigenvalue weighted by molar-refractivity contribution is -0.143. The first-order chi connectivity index (χ1) is 21.7. The largest absolute Gasteiger partial charge is 0.444 e. The van der Waals surface area contributed by atoms with Crippen LogP contribution in [0.1, 0.15) is 84.4 Å². The minimum Gasteiger partial charge on any atom is -0.444 e. The number of rotatable bonds is 13. The van der Waals surface area contributed by atoms with E-state index < -0.39 is 47.5 Å². The van der Waals surface area contributed by atoms with E-state index in [0.29, 0.717) is 29.2 Å². The average Bonchev–Trinajstić information content (AvgIpc) is 2.99. The zero-order valence-electron chi connectivity index (χ0n) is 27.6. The molecule has 4 N–H and O–H groups in total. The predicted octanol–water partition coefficient (Wildman–Crippen LogP) is 6.31. The van der Waals surface area contributed by atoms with Gasteiger partial charge < -0.3 is 26.0 Å². The molecule has 0 saturated carbocycles. The number of hydrogen-bond donors (Lipinski definition) is 3. The van der Waals surface area contributed by atoms with E-state index in [1.807, 2.05) is 43.3 Å². The van der Waals surface area contributed by atoms with Crippen molar-refractivity contribution in [2.24, 2.45) is 11.7 Å². The molecule has 3 rings (SSSR count). The van der Waals surface area contributed by atoms with Crippen molar-refractivity contribution in [1.29, 1.82) is 0 Å². The number of anilines is 1. The molecular formula is C37H46N4O5. The summed E-state index contributed by atoms with van der Waals surface area (Å²) in [7, 11) is 0. The van der Waals surface area contributed by atoms with E-state index in [9.17, 15) is 19.2 Å². The van der Waals surface area contributed by atoms with Gasteiger partial charge in [0.25, 0.3) is 5.91 Å². The number of alkyl carbamates (subject to hydrolysis) is 1. The van der Waals surface area contributed by atoms with Crippen molar-refractivity contribution >= 4 is 40.3 Å². The zero-order valence-corrected chi connectivity index (χ0v) is 27.6. The molecule has 0 aliphatic heterocycles. The maximum Gasteiger partial charge on any atom is 0.408 e. The number of hydrogen-bond acceptors (Lipinski definition) is 5. The van der Waals surface area contributed by atoms with Crippen molar-refractivity contribution in [3.63, 3.8) is 0 Å². The van der Waals surface area contributed by atoms with Gasteiger partial charge in [0, 0.05) is 23.7 Å². The molecule has 0 heterocycles. The number of ether oxygens (including phenoxy) is 1. The topological polar surface area (TPSA) is 131 Å². The molecule has 0 spiro atoms. The van der Waals surface area contributed by atoms with E-state index in [-0.39, 0.29) is 12.8 Å². The third-order valence-electron chi connectivity index (χ3n) is 7.51. The summed E-state index contributed by atoms with van der Waals surface area (Å²) >= 11 is 0. The summed E-state index contributed by atoms with van der Waals surface area (Å²) < 4.78 is 5.44. The number of nitrogens with zero attached hydrogens (tertiary/aromatic N) is 1. The van der Waals surface area contributed by atoms with Crippen molar-refractivity contribution in [3.8, 4) is 12.3 Å². The Morgan fingerprint density at radius 2 is 1.57 bits per heavy atom. The fourth-order valence-corrected chi connectivity index (χ4v) is 5.25. The molecule has 244 valence electrons. The van der Waals surface area contributed by atoms with Crippen LogP contribution >= 0.6 is 0 Å². The summed E-state index contributed by atoms with van der Waals surface area (Å²) in [5.41, 5.74) is 6.08. The highest BCUT2D eigenvalue weighted by molar-refractivity contribution is 6.01. The fraction of sp³-hybridized carbons (Fsp3) is 0.405. The summed E-state index contributed by atoms with van der Waals surface area (Å²) in [6.45, 7) is 11.1. The molecule has 46 heavy (non-hydrogen) atoms. The maximum atomic E-state index is 14.7. The molecule has 0 aliphatic rings. The Morgan fingerprint density at radius 3 is 2.20 bits per heavy atom. The highest BCUT2D eigenvalue weighted by Gasteiger charge is 2.39. The average molecular weight is 627 g/mol. The zero-order chi connectivity index (χ0) is 34.0. The Labute approximate surface area is 272 Å². The van der Waals surface area contributed by atoms with Gasteiger partial charge in [-0.3, -0.25) is 14.4 Å². The van der Waals surface area contributed by atoms with Crippen molar-refractivity contribution in [2.75, 3.05) is 5.32 Å². The van der Waals surface area contributed by atoms with Crippen molar-refractivity contribution in [1.82, 2.24) is 10.2 Å². The lowest BCUT2D eigenvalue weighted by atomic mass is 9.94. The summed E-state index contributed by atoms with van der Waals surface area (Å²) in [6.07, 6.45) is 6.16. The van der Waals surface area contributed by atoms with Crippen LogP contribution in [0.4, 0.5) is 10.5 Å². The van der Waals surface area contributed by atoms with Crippen molar-refractivity contribution in [3.05, 3.63) is 77.9 Å². The van der Waals surface area contributed by atoms with Gasteiger partial charge in [0.2, 0.25) is 11.8 Å². The molecule has 0 radical (unpaired) electrons. The summed E-state index contributed by atoms with van der Waals surface area (Å²) in [5.74, 6) is 1.31. The van der Waals surface area contributed by atoms with Gasteiger partial charge in [-0.25, -0.2) is 4.79 Å². The van der Waals surface area contributed by atoms with Crippen LogP contribution in [-0.2, 0) is 19.1 Å². The smallest absolute Gasteiger partial charge is 0.408 e. The first kappa shape index (κ1) is 35.6. The molecule has 9 nitrogen and oxygen atoms in total. The Hall–Kier alpha value is -4.84. The SMILES string of the molecule is C#Cc1ccccc1C(C(=O)Nc1ccc2ccccc2c1)N(C(=O)C(CCC(N)=O)NC(=O)OC(C)(C)C)C(C)CCC(C)C. The number of primary amides is 1. The van der Waals surface area contributed by atoms with Gasteiger partial charge in [-0.1, -0.05) is 68.3 Å².